The lowest BCUT2D eigenvalue weighted by molar-refractivity contribution is 0.591. The van der Waals surface area contributed by atoms with Gasteiger partial charge in [0.1, 0.15) is 17.2 Å². The molecule has 2 aromatic heterocycles. The van der Waals surface area contributed by atoms with E-state index in [1.54, 1.807) is 10.6 Å². The van der Waals surface area contributed by atoms with Crippen LogP contribution in [0, 0.1) is 0 Å². The van der Waals surface area contributed by atoms with Crippen molar-refractivity contribution in [3.05, 3.63) is 24.9 Å². The van der Waals surface area contributed by atoms with E-state index in [1.807, 2.05) is 20.1 Å². The summed E-state index contributed by atoms with van der Waals surface area (Å²) in [6.45, 7) is 3.89. The van der Waals surface area contributed by atoms with Crippen LogP contribution in [0.3, 0.4) is 0 Å². The van der Waals surface area contributed by atoms with Crippen LogP contribution in [0.25, 0.3) is 0 Å². The van der Waals surface area contributed by atoms with Crippen molar-refractivity contribution in [3.63, 3.8) is 0 Å². The molecule has 0 saturated heterocycles. The highest BCUT2D eigenvalue weighted by molar-refractivity contribution is 7.98. The molecule has 0 aliphatic carbocycles. The van der Waals surface area contributed by atoms with Crippen LogP contribution in [-0.4, -0.2) is 34.2 Å². The molecule has 20 heavy (non-hydrogen) atoms. The quantitative estimate of drug-likeness (QED) is 0.668. The average Bonchev–Trinajstić information content (AvgIpc) is 2.89. The zero-order chi connectivity index (χ0) is 14.8. The minimum Gasteiger partial charge on any atom is -0.334 e. The van der Waals surface area contributed by atoms with Crippen LogP contribution >= 0.6 is 11.8 Å². The molecule has 0 spiro atoms. The zero-order valence-corrected chi connectivity index (χ0v) is 12.9. The number of anilines is 1. The fraction of sp³-hybridized carbons (Fsp3) is 0.364. The Labute approximate surface area is 121 Å². The Kier molecular flexibility index (Phi) is 4.29. The maximum atomic E-state index is 12.2. The van der Waals surface area contributed by atoms with E-state index in [1.165, 1.54) is 30.6 Å². The van der Waals surface area contributed by atoms with Gasteiger partial charge in [0, 0.05) is 18.3 Å². The van der Waals surface area contributed by atoms with E-state index in [2.05, 4.69) is 19.7 Å². The largest absolute Gasteiger partial charge is 0.334 e. The van der Waals surface area contributed by atoms with Gasteiger partial charge in [0.2, 0.25) is 0 Å². The van der Waals surface area contributed by atoms with E-state index in [0.29, 0.717) is 5.03 Å². The third-order valence-corrected chi connectivity index (χ3v) is 4.42. The molecule has 0 bridgehead atoms. The minimum atomic E-state index is -3.73. The molecule has 108 valence electrons. The molecule has 0 aliphatic heterocycles. The fourth-order valence-electron chi connectivity index (χ4n) is 1.44. The molecule has 0 radical (unpaired) electrons. The fourth-order valence-corrected chi connectivity index (χ4v) is 2.76. The highest BCUT2D eigenvalue weighted by atomic mass is 32.2. The molecule has 0 fully saturated rings. The molecule has 0 unspecified atom stereocenters. The predicted octanol–water partition coefficient (Wildman–Crippen LogP) is 1.78. The van der Waals surface area contributed by atoms with Gasteiger partial charge in [0.05, 0.1) is 6.33 Å². The van der Waals surface area contributed by atoms with E-state index in [4.69, 9.17) is 0 Å². The Balaban J connectivity index is 2.25. The number of rotatable bonds is 5. The van der Waals surface area contributed by atoms with Crippen LogP contribution in [0.4, 0.5) is 5.82 Å². The first kappa shape index (κ1) is 14.8. The van der Waals surface area contributed by atoms with Crippen LogP contribution in [-0.2, 0) is 10.0 Å². The van der Waals surface area contributed by atoms with Crippen molar-refractivity contribution in [1.82, 2.24) is 19.5 Å². The van der Waals surface area contributed by atoms with Crippen molar-refractivity contribution in [1.29, 1.82) is 0 Å². The Bertz CT molecular complexity index is 696. The summed E-state index contributed by atoms with van der Waals surface area (Å²) in [6.07, 6.45) is 6.15. The smallest absolute Gasteiger partial charge is 0.282 e. The molecule has 2 aromatic rings. The number of aromatic nitrogens is 4. The van der Waals surface area contributed by atoms with E-state index >= 15 is 0 Å². The second-order valence-electron chi connectivity index (χ2n) is 4.30. The van der Waals surface area contributed by atoms with E-state index in [0.717, 1.165) is 0 Å². The van der Waals surface area contributed by atoms with Crippen LogP contribution in [0.2, 0.25) is 0 Å². The summed E-state index contributed by atoms with van der Waals surface area (Å²) < 4.78 is 28.5. The molecular formula is C11H15N5O2S2. The van der Waals surface area contributed by atoms with Crippen LogP contribution in [0.1, 0.15) is 19.9 Å². The molecule has 9 heteroatoms. The SMILES string of the molecule is CSc1cc(NS(=O)(=O)c2cn(C(C)C)cn2)ncn1. The zero-order valence-electron chi connectivity index (χ0n) is 11.3. The maximum absolute atomic E-state index is 12.2. The Morgan fingerprint density at radius 1 is 1.30 bits per heavy atom. The Morgan fingerprint density at radius 2 is 2.05 bits per heavy atom. The highest BCUT2D eigenvalue weighted by Gasteiger charge is 2.19. The van der Waals surface area contributed by atoms with Gasteiger partial charge >= 0.3 is 0 Å². The minimum absolute atomic E-state index is 0.0319. The monoisotopic (exact) mass is 313 g/mol. The molecule has 1 N–H and O–H groups in total. The molecule has 2 heterocycles. The average molecular weight is 313 g/mol. The Morgan fingerprint density at radius 3 is 2.65 bits per heavy atom. The summed E-state index contributed by atoms with van der Waals surface area (Å²) >= 11 is 1.41. The van der Waals surface area contributed by atoms with Crippen molar-refractivity contribution < 1.29 is 8.42 Å². The first-order valence-electron chi connectivity index (χ1n) is 5.84. The second-order valence-corrected chi connectivity index (χ2v) is 6.76. The first-order valence-corrected chi connectivity index (χ1v) is 8.55. The van der Waals surface area contributed by atoms with Gasteiger partial charge < -0.3 is 4.57 Å². The predicted molar refractivity (Wildman–Crippen MR) is 77.2 cm³/mol. The first-order chi connectivity index (χ1) is 9.42. The molecular weight excluding hydrogens is 298 g/mol. The van der Waals surface area contributed by atoms with Crippen molar-refractivity contribution in [2.24, 2.45) is 0 Å². The van der Waals surface area contributed by atoms with Gasteiger partial charge in [-0.15, -0.1) is 11.8 Å². The molecule has 0 aromatic carbocycles. The van der Waals surface area contributed by atoms with Gasteiger partial charge in [0.25, 0.3) is 10.0 Å². The van der Waals surface area contributed by atoms with E-state index in [-0.39, 0.29) is 16.9 Å². The summed E-state index contributed by atoms with van der Waals surface area (Å²) in [5, 5.41) is 0.654. The lowest BCUT2D eigenvalue weighted by Gasteiger charge is -2.06. The van der Waals surface area contributed by atoms with E-state index < -0.39 is 10.0 Å². The number of sulfonamides is 1. The maximum Gasteiger partial charge on any atom is 0.282 e. The highest BCUT2D eigenvalue weighted by Crippen LogP contribution is 2.17. The normalized spacial score (nSPS) is 11.8. The number of hydrogen-bond acceptors (Lipinski definition) is 6. The number of nitrogens with one attached hydrogen (secondary N) is 1. The Hall–Kier alpha value is -1.61. The molecule has 2 rings (SSSR count). The van der Waals surface area contributed by atoms with Crippen LogP contribution < -0.4 is 4.72 Å². The van der Waals surface area contributed by atoms with Crippen molar-refractivity contribution in [2.45, 2.75) is 29.9 Å². The molecule has 0 aliphatic rings. The third kappa shape index (κ3) is 3.28. The summed E-state index contributed by atoms with van der Waals surface area (Å²) in [5.74, 6) is 0.225. The molecule has 0 atom stereocenters. The standard InChI is InChI=1S/C11H15N5O2S2/c1-8(2)16-5-11(14-7-16)20(17,18)15-9-4-10(19-3)13-6-12-9/h4-8H,1-3H3,(H,12,13,15). The van der Waals surface area contributed by atoms with Gasteiger partial charge in [-0.25, -0.2) is 15.0 Å². The second kappa shape index (κ2) is 5.80. The van der Waals surface area contributed by atoms with E-state index in [9.17, 15) is 8.42 Å². The molecule has 0 saturated carbocycles. The summed E-state index contributed by atoms with van der Waals surface area (Å²) in [5.41, 5.74) is 0. The summed E-state index contributed by atoms with van der Waals surface area (Å²) in [7, 11) is -3.73. The number of thioether (sulfide) groups is 1. The third-order valence-electron chi connectivity index (χ3n) is 2.54. The van der Waals surface area contributed by atoms with Gasteiger partial charge in [-0.05, 0) is 20.1 Å². The summed E-state index contributed by atoms with van der Waals surface area (Å²) in [4.78, 5) is 11.8. The lowest BCUT2D eigenvalue weighted by Crippen LogP contribution is -2.14. The lowest BCUT2D eigenvalue weighted by atomic mass is 10.4. The van der Waals surface area contributed by atoms with Crippen molar-refractivity contribution in [3.8, 4) is 0 Å². The van der Waals surface area contributed by atoms with Gasteiger partial charge in [-0.1, -0.05) is 0 Å². The number of nitrogens with zero attached hydrogens (tertiary/aromatic N) is 4. The topological polar surface area (TPSA) is 89.8 Å². The number of hydrogen-bond donors (Lipinski definition) is 1. The van der Waals surface area contributed by atoms with Crippen LogP contribution in [0.15, 0.2) is 35.0 Å². The molecule has 7 nitrogen and oxygen atoms in total. The molecule has 0 amide bonds. The van der Waals surface area contributed by atoms with Gasteiger partial charge in [-0.2, -0.15) is 8.42 Å². The summed E-state index contributed by atoms with van der Waals surface area (Å²) in [6, 6.07) is 1.72. The van der Waals surface area contributed by atoms with Crippen LogP contribution in [0.5, 0.6) is 0 Å². The van der Waals surface area contributed by atoms with Gasteiger partial charge in [-0.3, -0.25) is 4.72 Å². The van der Waals surface area contributed by atoms with Crippen molar-refractivity contribution in [2.75, 3.05) is 11.0 Å². The van der Waals surface area contributed by atoms with Gasteiger partial charge in [0.15, 0.2) is 5.03 Å². The number of imidazole rings is 1. The van der Waals surface area contributed by atoms with Crippen molar-refractivity contribution >= 4 is 27.6 Å².